The highest BCUT2D eigenvalue weighted by atomic mass is 16.5. The number of rotatable bonds is 7. The summed E-state index contributed by atoms with van der Waals surface area (Å²) in [7, 11) is 0. The molecule has 0 atom stereocenters. The van der Waals surface area contributed by atoms with E-state index in [4.69, 9.17) is 10.00 Å². The Morgan fingerprint density at radius 1 is 1.17 bits per heavy atom. The molecule has 0 N–H and O–H groups in total. The first-order valence-corrected chi connectivity index (χ1v) is 6.45. The van der Waals surface area contributed by atoms with E-state index >= 15 is 0 Å². The first-order valence-electron chi connectivity index (χ1n) is 6.45. The fourth-order valence-corrected chi connectivity index (χ4v) is 1.63. The van der Waals surface area contributed by atoms with Crippen LogP contribution in [0.2, 0.25) is 0 Å². The number of unbranched alkanes of at least 4 members (excludes halogenated alkanes) is 4. The molecule has 0 aliphatic carbocycles. The molecule has 0 saturated heterocycles. The molecule has 3 nitrogen and oxygen atoms in total. The van der Waals surface area contributed by atoms with Crippen molar-refractivity contribution < 1.29 is 9.53 Å². The van der Waals surface area contributed by atoms with E-state index < -0.39 is 0 Å². The smallest absolute Gasteiger partial charge is 0.338 e. The van der Waals surface area contributed by atoms with Gasteiger partial charge in [0.2, 0.25) is 0 Å². The molecule has 0 aliphatic heterocycles. The minimum Gasteiger partial charge on any atom is -0.462 e. The van der Waals surface area contributed by atoms with Crippen molar-refractivity contribution in [2.45, 2.75) is 39.0 Å². The van der Waals surface area contributed by atoms with Crippen LogP contribution >= 0.6 is 0 Å². The Balaban J connectivity index is 2.26. The Hall–Kier alpha value is -1.82. The van der Waals surface area contributed by atoms with Gasteiger partial charge in [-0.25, -0.2) is 4.79 Å². The minimum absolute atomic E-state index is 0.310. The Labute approximate surface area is 108 Å². The zero-order valence-electron chi connectivity index (χ0n) is 10.8. The van der Waals surface area contributed by atoms with Crippen LogP contribution in [0.1, 0.15) is 54.9 Å². The average Bonchev–Trinajstić information content (AvgIpc) is 2.42. The summed E-state index contributed by atoms with van der Waals surface area (Å²) in [6.45, 7) is 2.65. The summed E-state index contributed by atoms with van der Waals surface area (Å²) in [5.74, 6) is -0.310. The first-order chi connectivity index (χ1) is 8.77. The largest absolute Gasteiger partial charge is 0.462 e. The second-order valence-electron chi connectivity index (χ2n) is 4.24. The number of nitriles is 1. The molecule has 0 saturated carbocycles. The number of nitrogens with zero attached hydrogens (tertiary/aromatic N) is 1. The van der Waals surface area contributed by atoms with Crippen molar-refractivity contribution in [1.82, 2.24) is 0 Å². The van der Waals surface area contributed by atoms with Crippen LogP contribution in [0.3, 0.4) is 0 Å². The molecule has 1 aromatic rings. The highest BCUT2D eigenvalue weighted by Gasteiger charge is 2.06. The van der Waals surface area contributed by atoms with Crippen molar-refractivity contribution in [3.63, 3.8) is 0 Å². The summed E-state index contributed by atoms with van der Waals surface area (Å²) >= 11 is 0. The summed E-state index contributed by atoms with van der Waals surface area (Å²) in [4.78, 5) is 11.6. The summed E-state index contributed by atoms with van der Waals surface area (Å²) in [5.41, 5.74) is 1.05. The lowest BCUT2D eigenvalue weighted by Crippen LogP contribution is -2.06. The van der Waals surface area contributed by atoms with E-state index in [0.29, 0.717) is 17.7 Å². The second-order valence-corrected chi connectivity index (χ2v) is 4.24. The molecule has 0 heterocycles. The van der Waals surface area contributed by atoms with Gasteiger partial charge < -0.3 is 4.74 Å². The fourth-order valence-electron chi connectivity index (χ4n) is 1.63. The van der Waals surface area contributed by atoms with Gasteiger partial charge in [-0.1, -0.05) is 32.6 Å². The van der Waals surface area contributed by atoms with Gasteiger partial charge in [0.15, 0.2) is 0 Å². The summed E-state index contributed by atoms with van der Waals surface area (Å²) in [5, 5.41) is 8.65. The molecule has 0 unspecified atom stereocenters. The van der Waals surface area contributed by atoms with Crippen molar-refractivity contribution in [3.8, 4) is 6.07 Å². The Morgan fingerprint density at radius 2 is 1.83 bits per heavy atom. The molecular formula is C15H19NO2. The van der Waals surface area contributed by atoms with E-state index in [0.717, 1.165) is 12.8 Å². The van der Waals surface area contributed by atoms with Crippen LogP contribution in [0, 0.1) is 11.3 Å². The van der Waals surface area contributed by atoms with Crippen molar-refractivity contribution in [2.75, 3.05) is 6.61 Å². The number of hydrogen-bond acceptors (Lipinski definition) is 3. The minimum atomic E-state index is -0.310. The average molecular weight is 245 g/mol. The SMILES string of the molecule is CCCCCCCOC(=O)c1ccc(C#N)cc1. The number of ether oxygens (including phenoxy) is 1. The van der Waals surface area contributed by atoms with Gasteiger partial charge in [-0.2, -0.15) is 5.26 Å². The lowest BCUT2D eigenvalue weighted by molar-refractivity contribution is 0.0497. The van der Waals surface area contributed by atoms with Gasteiger partial charge in [0.05, 0.1) is 23.8 Å². The van der Waals surface area contributed by atoms with Crippen molar-refractivity contribution >= 4 is 5.97 Å². The number of benzene rings is 1. The molecule has 3 heteroatoms. The monoisotopic (exact) mass is 245 g/mol. The van der Waals surface area contributed by atoms with Crippen molar-refractivity contribution in [1.29, 1.82) is 5.26 Å². The number of carbonyl (C=O) groups excluding carboxylic acids is 1. The predicted octanol–water partition coefficient (Wildman–Crippen LogP) is 3.69. The van der Waals surface area contributed by atoms with Crippen LogP contribution in [0.25, 0.3) is 0 Å². The topological polar surface area (TPSA) is 50.1 Å². The highest BCUT2D eigenvalue weighted by molar-refractivity contribution is 5.89. The lowest BCUT2D eigenvalue weighted by Gasteiger charge is -2.04. The van der Waals surface area contributed by atoms with Crippen LogP contribution < -0.4 is 0 Å². The number of hydrogen-bond donors (Lipinski definition) is 0. The Bertz CT molecular complexity index is 403. The van der Waals surface area contributed by atoms with Gasteiger partial charge in [-0.15, -0.1) is 0 Å². The molecule has 0 aromatic heterocycles. The maximum atomic E-state index is 11.6. The predicted molar refractivity (Wildman–Crippen MR) is 70.2 cm³/mol. The van der Waals surface area contributed by atoms with Crippen molar-refractivity contribution in [3.05, 3.63) is 35.4 Å². The van der Waals surface area contributed by atoms with Crippen LogP contribution in [0.4, 0.5) is 0 Å². The molecule has 0 fully saturated rings. The van der Waals surface area contributed by atoms with E-state index in [-0.39, 0.29) is 5.97 Å². The van der Waals surface area contributed by atoms with Crippen molar-refractivity contribution in [2.24, 2.45) is 0 Å². The van der Waals surface area contributed by atoms with Crippen LogP contribution in [-0.2, 0) is 4.74 Å². The van der Waals surface area contributed by atoms with Gasteiger partial charge in [0, 0.05) is 0 Å². The third-order valence-electron chi connectivity index (χ3n) is 2.73. The van der Waals surface area contributed by atoms with Gasteiger partial charge in [0.25, 0.3) is 0 Å². The van der Waals surface area contributed by atoms with E-state index in [1.807, 2.05) is 6.07 Å². The van der Waals surface area contributed by atoms with Crippen LogP contribution in [-0.4, -0.2) is 12.6 Å². The van der Waals surface area contributed by atoms with Crippen LogP contribution in [0.5, 0.6) is 0 Å². The summed E-state index contributed by atoms with van der Waals surface area (Å²) in [6, 6.07) is 8.50. The molecule has 0 bridgehead atoms. The standard InChI is InChI=1S/C15H19NO2/c1-2-3-4-5-6-11-18-15(17)14-9-7-13(12-16)8-10-14/h7-10H,2-6,11H2,1H3. The molecule has 0 amide bonds. The van der Waals surface area contributed by atoms with Gasteiger partial charge in [-0.3, -0.25) is 0 Å². The highest BCUT2D eigenvalue weighted by Crippen LogP contribution is 2.07. The number of carbonyl (C=O) groups is 1. The van der Waals surface area contributed by atoms with Crippen LogP contribution in [0.15, 0.2) is 24.3 Å². The Morgan fingerprint density at radius 3 is 2.44 bits per heavy atom. The summed E-state index contributed by atoms with van der Waals surface area (Å²) in [6.07, 6.45) is 5.68. The van der Waals surface area contributed by atoms with Gasteiger partial charge in [-0.05, 0) is 30.7 Å². The van der Waals surface area contributed by atoms with E-state index in [9.17, 15) is 4.79 Å². The molecule has 0 radical (unpaired) electrons. The van der Waals surface area contributed by atoms with Gasteiger partial charge in [0.1, 0.15) is 0 Å². The zero-order valence-corrected chi connectivity index (χ0v) is 10.8. The molecule has 0 spiro atoms. The molecule has 1 aromatic carbocycles. The Kier molecular flexibility index (Phi) is 6.56. The van der Waals surface area contributed by atoms with E-state index in [2.05, 4.69) is 6.92 Å². The molecule has 18 heavy (non-hydrogen) atoms. The van der Waals surface area contributed by atoms with Gasteiger partial charge >= 0.3 is 5.97 Å². The quantitative estimate of drug-likeness (QED) is 0.543. The first kappa shape index (κ1) is 14.2. The molecule has 1 rings (SSSR count). The maximum Gasteiger partial charge on any atom is 0.338 e. The second kappa shape index (κ2) is 8.30. The molecule has 0 aliphatic rings. The molecular weight excluding hydrogens is 226 g/mol. The normalized spacial score (nSPS) is 9.78. The van der Waals surface area contributed by atoms with E-state index in [1.165, 1.54) is 19.3 Å². The lowest BCUT2D eigenvalue weighted by atomic mass is 10.1. The fraction of sp³-hybridized carbons (Fsp3) is 0.467. The number of esters is 1. The van der Waals surface area contributed by atoms with E-state index in [1.54, 1.807) is 24.3 Å². The summed E-state index contributed by atoms with van der Waals surface area (Å²) < 4.78 is 5.16. The third-order valence-corrected chi connectivity index (χ3v) is 2.73. The maximum absolute atomic E-state index is 11.6. The zero-order chi connectivity index (χ0) is 13.2. The third kappa shape index (κ3) is 5.01. The molecule has 96 valence electrons.